The van der Waals surface area contributed by atoms with E-state index in [1.807, 2.05) is 6.07 Å². The number of benzene rings is 1. The molecule has 0 bridgehead atoms. The minimum Gasteiger partial charge on any atom is -0.308 e. The smallest absolute Gasteiger partial charge is 0.308 e. The van der Waals surface area contributed by atoms with Crippen molar-refractivity contribution < 1.29 is 4.79 Å². The van der Waals surface area contributed by atoms with Gasteiger partial charge in [-0.3, -0.25) is 15.2 Å². The van der Waals surface area contributed by atoms with E-state index in [0.29, 0.717) is 5.82 Å². The highest BCUT2D eigenvalue weighted by Gasteiger charge is 2.28. The van der Waals surface area contributed by atoms with Crippen LogP contribution in [0.4, 0.5) is 16.3 Å². The molecule has 2 N–H and O–H groups in total. The van der Waals surface area contributed by atoms with Crippen molar-refractivity contribution in [2.75, 3.05) is 10.6 Å². The third-order valence-corrected chi connectivity index (χ3v) is 4.86. The number of amides is 2. The molecule has 0 unspecified atom stereocenters. The van der Waals surface area contributed by atoms with Crippen molar-refractivity contribution in [2.24, 2.45) is 0 Å². The van der Waals surface area contributed by atoms with Gasteiger partial charge in [0.1, 0.15) is 0 Å². The van der Waals surface area contributed by atoms with Crippen molar-refractivity contribution >= 4 is 17.5 Å². The Kier molecular flexibility index (Phi) is 4.13. The van der Waals surface area contributed by atoms with Crippen molar-refractivity contribution in [3.63, 3.8) is 0 Å². The molecular weight excluding hydrogens is 302 g/mol. The second-order valence-electron chi connectivity index (χ2n) is 6.50. The van der Waals surface area contributed by atoms with Gasteiger partial charge in [-0.2, -0.15) is 0 Å². The van der Waals surface area contributed by atoms with Crippen LogP contribution in [-0.4, -0.2) is 26.9 Å². The first-order valence-corrected chi connectivity index (χ1v) is 8.48. The number of hydrogen-bond acceptors (Lipinski definition) is 4. The molecule has 6 heteroatoms. The molecule has 0 saturated heterocycles. The Morgan fingerprint density at radius 3 is 2.71 bits per heavy atom. The van der Waals surface area contributed by atoms with Gasteiger partial charge < -0.3 is 5.32 Å². The maximum Gasteiger partial charge on any atom is 0.324 e. The second-order valence-corrected chi connectivity index (χ2v) is 6.50. The molecular formula is C18H21N5O. The quantitative estimate of drug-likeness (QED) is 0.908. The Morgan fingerprint density at radius 1 is 1.08 bits per heavy atom. The summed E-state index contributed by atoms with van der Waals surface area (Å²) in [5.74, 6) is 0.434. The molecule has 1 saturated carbocycles. The summed E-state index contributed by atoms with van der Waals surface area (Å²) in [6.45, 7) is 2.02. The van der Waals surface area contributed by atoms with Gasteiger partial charge >= 0.3 is 6.03 Å². The standard InChI is InChI=1S/C18H21N5O/c24-18(22-17-10-19-7-8-20-17)21-15-6-5-13-11-23(12-14(13)9-15)16-3-1-2-4-16/h5-10,16H,1-4,11-12H2,(H2,20,21,22,24). The molecule has 2 amide bonds. The lowest BCUT2D eigenvalue weighted by atomic mass is 10.1. The number of urea groups is 1. The Labute approximate surface area is 141 Å². The summed E-state index contributed by atoms with van der Waals surface area (Å²) in [5.41, 5.74) is 3.50. The summed E-state index contributed by atoms with van der Waals surface area (Å²) < 4.78 is 0. The molecule has 124 valence electrons. The number of nitrogens with zero attached hydrogens (tertiary/aromatic N) is 3. The average Bonchev–Trinajstić information content (AvgIpc) is 3.24. The van der Waals surface area contributed by atoms with Crippen LogP contribution in [0.15, 0.2) is 36.8 Å². The Bertz CT molecular complexity index is 727. The molecule has 2 aliphatic rings. The summed E-state index contributed by atoms with van der Waals surface area (Å²) in [4.78, 5) is 22.6. The minimum absolute atomic E-state index is 0.305. The third-order valence-electron chi connectivity index (χ3n) is 4.86. The van der Waals surface area contributed by atoms with E-state index in [4.69, 9.17) is 0 Å². The summed E-state index contributed by atoms with van der Waals surface area (Å²) in [6, 6.07) is 6.60. The summed E-state index contributed by atoms with van der Waals surface area (Å²) in [5, 5.41) is 5.55. The molecule has 2 heterocycles. The van der Waals surface area contributed by atoms with Gasteiger partial charge in [0, 0.05) is 37.2 Å². The normalized spacial score (nSPS) is 17.7. The predicted octanol–water partition coefficient (Wildman–Crippen LogP) is 3.38. The zero-order chi connectivity index (χ0) is 16.4. The minimum atomic E-state index is -0.305. The fraction of sp³-hybridized carbons (Fsp3) is 0.389. The van der Waals surface area contributed by atoms with Gasteiger partial charge in [0.15, 0.2) is 5.82 Å². The fourth-order valence-corrected chi connectivity index (χ4v) is 3.67. The average molecular weight is 323 g/mol. The van der Waals surface area contributed by atoms with Crippen LogP contribution in [0.2, 0.25) is 0 Å². The predicted molar refractivity (Wildman–Crippen MR) is 92.6 cm³/mol. The summed E-state index contributed by atoms with van der Waals surface area (Å²) in [7, 11) is 0. The van der Waals surface area contributed by atoms with Crippen LogP contribution in [0.3, 0.4) is 0 Å². The van der Waals surface area contributed by atoms with E-state index < -0.39 is 0 Å². The van der Waals surface area contributed by atoms with Crippen molar-refractivity contribution in [3.05, 3.63) is 47.9 Å². The van der Waals surface area contributed by atoms with Crippen LogP contribution in [0.25, 0.3) is 0 Å². The first kappa shape index (κ1) is 15.1. The molecule has 0 radical (unpaired) electrons. The van der Waals surface area contributed by atoms with Crippen molar-refractivity contribution in [1.29, 1.82) is 0 Å². The zero-order valence-corrected chi connectivity index (χ0v) is 13.5. The van der Waals surface area contributed by atoms with Crippen LogP contribution < -0.4 is 10.6 Å². The fourth-order valence-electron chi connectivity index (χ4n) is 3.67. The first-order chi connectivity index (χ1) is 11.8. The molecule has 24 heavy (non-hydrogen) atoms. The van der Waals surface area contributed by atoms with Gasteiger partial charge in [-0.15, -0.1) is 0 Å². The van der Waals surface area contributed by atoms with Crippen molar-refractivity contribution in [1.82, 2.24) is 14.9 Å². The Balaban J connectivity index is 1.39. The number of anilines is 2. The maximum absolute atomic E-state index is 12.1. The number of hydrogen-bond donors (Lipinski definition) is 2. The van der Waals surface area contributed by atoms with Crippen molar-refractivity contribution in [3.8, 4) is 0 Å². The van der Waals surface area contributed by atoms with Gasteiger partial charge in [0.2, 0.25) is 0 Å². The molecule has 1 aromatic carbocycles. The Morgan fingerprint density at radius 2 is 1.92 bits per heavy atom. The lowest BCUT2D eigenvalue weighted by Gasteiger charge is -2.22. The van der Waals surface area contributed by atoms with E-state index in [-0.39, 0.29) is 6.03 Å². The molecule has 0 spiro atoms. The topological polar surface area (TPSA) is 70.2 Å². The number of carbonyl (C=O) groups is 1. The number of fused-ring (bicyclic) bond motifs is 1. The molecule has 0 atom stereocenters. The second kappa shape index (κ2) is 6.57. The highest BCUT2D eigenvalue weighted by molar-refractivity contribution is 5.99. The van der Waals surface area contributed by atoms with E-state index in [1.165, 1.54) is 43.0 Å². The highest BCUT2D eigenvalue weighted by Crippen LogP contribution is 2.32. The third kappa shape index (κ3) is 3.23. The summed E-state index contributed by atoms with van der Waals surface area (Å²) >= 11 is 0. The monoisotopic (exact) mass is 323 g/mol. The van der Waals surface area contributed by atoms with Crippen LogP contribution >= 0.6 is 0 Å². The van der Waals surface area contributed by atoms with Gasteiger partial charge in [0.05, 0.1) is 6.20 Å². The molecule has 1 aliphatic heterocycles. The van der Waals surface area contributed by atoms with Gasteiger partial charge in [0.25, 0.3) is 0 Å². The lowest BCUT2D eigenvalue weighted by Crippen LogP contribution is -2.27. The van der Waals surface area contributed by atoms with Crippen LogP contribution in [-0.2, 0) is 13.1 Å². The molecule has 1 fully saturated rings. The van der Waals surface area contributed by atoms with E-state index in [2.05, 4.69) is 37.6 Å². The van der Waals surface area contributed by atoms with Gasteiger partial charge in [-0.1, -0.05) is 18.9 Å². The Hall–Kier alpha value is -2.47. The van der Waals surface area contributed by atoms with Crippen LogP contribution in [0.1, 0.15) is 36.8 Å². The number of rotatable bonds is 3. The summed E-state index contributed by atoms with van der Waals surface area (Å²) in [6.07, 6.45) is 9.98. The van der Waals surface area contributed by atoms with E-state index in [0.717, 1.165) is 24.8 Å². The SMILES string of the molecule is O=C(Nc1ccc2c(c1)CN(C1CCCC1)C2)Nc1cnccn1. The first-order valence-electron chi connectivity index (χ1n) is 8.48. The van der Waals surface area contributed by atoms with Gasteiger partial charge in [-0.25, -0.2) is 9.78 Å². The van der Waals surface area contributed by atoms with Crippen molar-refractivity contribution in [2.45, 2.75) is 44.8 Å². The van der Waals surface area contributed by atoms with Crippen LogP contribution in [0, 0.1) is 0 Å². The maximum atomic E-state index is 12.1. The molecule has 1 aromatic heterocycles. The van der Waals surface area contributed by atoms with E-state index >= 15 is 0 Å². The molecule has 4 rings (SSSR count). The number of nitrogens with one attached hydrogen (secondary N) is 2. The van der Waals surface area contributed by atoms with Crippen LogP contribution in [0.5, 0.6) is 0 Å². The van der Waals surface area contributed by atoms with E-state index in [9.17, 15) is 4.79 Å². The highest BCUT2D eigenvalue weighted by atomic mass is 16.2. The zero-order valence-electron chi connectivity index (χ0n) is 13.5. The number of aromatic nitrogens is 2. The largest absolute Gasteiger partial charge is 0.324 e. The van der Waals surface area contributed by atoms with E-state index in [1.54, 1.807) is 12.4 Å². The number of carbonyl (C=O) groups excluding carboxylic acids is 1. The van der Waals surface area contributed by atoms with Gasteiger partial charge in [-0.05, 0) is 36.1 Å². The molecule has 6 nitrogen and oxygen atoms in total. The molecule has 1 aliphatic carbocycles. The molecule has 2 aromatic rings. The lowest BCUT2D eigenvalue weighted by molar-refractivity contribution is 0.202.